The van der Waals surface area contributed by atoms with Gasteiger partial charge in [0.05, 0.1) is 10.9 Å². The lowest BCUT2D eigenvalue weighted by Crippen LogP contribution is -2.24. The standard InChI is InChI=1S/C19H20N2O2S/c22-13-6-12-21-18(23)16-9-4-5-10-17(16)20-19(21)24-14-11-15-7-2-1-3-8-15/h1-5,7-10,22H,6,11-14H2. The number of rotatable bonds is 7. The van der Waals surface area contributed by atoms with Gasteiger partial charge >= 0.3 is 0 Å². The highest BCUT2D eigenvalue weighted by molar-refractivity contribution is 7.99. The zero-order valence-electron chi connectivity index (χ0n) is 13.4. The van der Waals surface area contributed by atoms with Crippen LogP contribution in [0.2, 0.25) is 0 Å². The Morgan fingerprint density at radius 3 is 2.58 bits per heavy atom. The molecule has 0 atom stereocenters. The Labute approximate surface area is 145 Å². The van der Waals surface area contributed by atoms with Gasteiger partial charge in [-0.1, -0.05) is 54.2 Å². The molecular weight excluding hydrogens is 320 g/mol. The molecule has 0 saturated carbocycles. The summed E-state index contributed by atoms with van der Waals surface area (Å²) in [6.07, 6.45) is 1.47. The van der Waals surface area contributed by atoms with Crippen LogP contribution < -0.4 is 5.56 Å². The van der Waals surface area contributed by atoms with Gasteiger partial charge in [0, 0.05) is 18.9 Å². The second-order valence-electron chi connectivity index (χ2n) is 5.53. The number of para-hydroxylation sites is 1. The molecule has 0 aliphatic heterocycles. The van der Waals surface area contributed by atoms with Crippen LogP contribution in [-0.2, 0) is 13.0 Å². The molecule has 1 N–H and O–H groups in total. The minimum absolute atomic E-state index is 0.0312. The number of benzene rings is 2. The minimum Gasteiger partial charge on any atom is -0.396 e. The van der Waals surface area contributed by atoms with E-state index in [0.717, 1.165) is 22.8 Å². The molecule has 5 heteroatoms. The van der Waals surface area contributed by atoms with Crippen molar-refractivity contribution in [3.8, 4) is 0 Å². The van der Waals surface area contributed by atoms with E-state index in [1.165, 1.54) is 5.56 Å². The van der Waals surface area contributed by atoms with Crippen LogP contribution in [0.1, 0.15) is 12.0 Å². The summed E-state index contributed by atoms with van der Waals surface area (Å²) in [5.41, 5.74) is 1.97. The molecule has 2 aromatic carbocycles. The molecule has 0 spiro atoms. The summed E-state index contributed by atoms with van der Waals surface area (Å²) in [6, 6.07) is 17.7. The van der Waals surface area contributed by atoms with Crippen molar-refractivity contribution in [2.75, 3.05) is 12.4 Å². The molecule has 3 aromatic rings. The van der Waals surface area contributed by atoms with Crippen LogP contribution in [0.4, 0.5) is 0 Å². The highest BCUT2D eigenvalue weighted by Crippen LogP contribution is 2.19. The van der Waals surface area contributed by atoms with Crippen molar-refractivity contribution in [1.82, 2.24) is 9.55 Å². The summed E-state index contributed by atoms with van der Waals surface area (Å²) < 4.78 is 1.69. The van der Waals surface area contributed by atoms with Crippen molar-refractivity contribution in [3.05, 3.63) is 70.5 Å². The number of fused-ring (bicyclic) bond motifs is 1. The largest absolute Gasteiger partial charge is 0.396 e. The number of aromatic nitrogens is 2. The van der Waals surface area contributed by atoms with E-state index in [2.05, 4.69) is 17.1 Å². The Balaban J connectivity index is 1.85. The van der Waals surface area contributed by atoms with Crippen LogP contribution in [0.5, 0.6) is 0 Å². The van der Waals surface area contributed by atoms with Crippen molar-refractivity contribution in [3.63, 3.8) is 0 Å². The normalized spacial score (nSPS) is 11.0. The minimum atomic E-state index is -0.0312. The van der Waals surface area contributed by atoms with Gasteiger partial charge in [-0.3, -0.25) is 9.36 Å². The van der Waals surface area contributed by atoms with Gasteiger partial charge in [0.1, 0.15) is 0 Å². The first-order valence-corrected chi connectivity index (χ1v) is 9.05. The number of hydrogen-bond acceptors (Lipinski definition) is 4. The Bertz CT molecular complexity index is 862. The zero-order valence-corrected chi connectivity index (χ0v) is 14.2. The van der Waals surface area contributed by atoms with Crippen molar-refractivity contribution in [1.29, 1.82) is 0 Å². The fourth-order valence-electron chi connectivity index (χ4n) is 2.59. The van der Waals surface area contributed by atoms with E-state index in [9.17, 15) is 4.79 Å². The monoisotopic (exact) mass is 340 g/mol. The molecule has 1 aromatic heterocycles. The van der Waals surface area contributed by atoms with Crippen LogP contribution in [0, 0.1) is 0 Å². The maximum Gasteiger partial charge on any atom is 0.262 e. The molecule has 0 unspecified atom stereocenters. The topological polar surface area (TPSA) is 55.1 Å². The molecule has 24 heavy (non-hydrogen) atoms. The lowest BCUT2D eigenvalue weighted by atomic mass is 10.2. The smallest absolute Gasteiger partial charge is 0.262 e. The van der Waals surface area contributed by atoms with Crippen molar-refractivity contribution >= 4 is 22.7 Å². The number of thioether (sulfide) groups is 1. The lowest BCUT2D eigenvalue weighted by Gasteiger charge is -2.12. The third-order valence-corrected chi connectivity index (χ3v) is 4.81. The van der Waals surface area contributed by atoms with Gasteiger partial charge in [-0.25, -0.2) is 4.98 Å². The second kappa shape index (κ2) is 8.13. The highest BCUT2D eigenvalue weighted by Gasteiger charge is 2.11. The van der Waals surface area contributed by atoms with Crippen LogP contribution in [-0.4, -0.2) is 27.0 Å². The summed E-state index contributed by atoms with van der Waals surface area (Å²) in [7, 11) is 0. The average molecular weight is 340 g/mol. The van der Waals surface area contributed by atoms with Gasteiger partial charge in [-0.15, -0.1) is 0 Å². The quantitative estimate of drug-likeness (QED) is 0.530. The number of nitrogens with zero attached hydrogens (tertiary/aromatic N) is 2. The highest BCUT2D eigenvalue weighted by atomic mass is 32.2. The summed E-state index contributed by atoms with van der Waals surface area (Å²) >= 11 is 1.59. The molecule has 0 aliphatic carbocycles. The molecule has 0 radical (unpaired) electrons. The van der Waals surface area contributed by atoms with E-state index >= 15 is 0 Å². The van der Waals surface area contributed by atoms with Crippen molar-refractivity contribution in [2.45, 2.75) is 24.5 Å². The Hall–Kier alpha value is -2.11. The van der Waals surface area contributed by atoms with Crippen molar-refractivity contribution in [2.24, 2.45) is 0 Å². The van der Waals surface area contributed by atoms with E-state index in [1.54, 1.807) is 22.4 Å². The van der Waals surface area contributed by atoms with Crippen molar-refractivity contribution < 1.29 is 5.11 Å². The van der Waals surface area contributed by atoms with Gasteiger partial charge < -0.3 is 5.11 Å². The van der Waals surface area contributed by atoms with Crippen LogP contribution in [0.25, 0.3) is 10.9 Å². The van der Waals surface area contributed by atoms with Crippen LogP contribution >= 0.6 is 11.8 Å². The first-order valence-electron chi connectivity index (χ1n) is 8.07. The van der Waals surface area contributed by atoms with E-state index in [0.29, 0.717) is 18.4 Å². The van der Waals surface area contributed by atoms with Crippen LogP contribution in [0.3, 0.4) is 0 Å². The Morgan fingerprint density at radius 2 is 1.79 bits per heavy atom. The Morgan fingerprint density at radius 1 is 1.04 bits per heavy atom. The fourth-order valence-corrected chi connectivity index (χ4v) is 3.60. The molecule has 0 saturated heterocycles. The lowest BCUT2D eigenvalue weighted by molar-refractivity contribution is 0.276. The predicted molar refractivity (Wildman–Crippen MR) is 98.6 cm³/mol. The van der Waals surface area contributed by atoms with Gasteiger partial charge in [0.15, 0.2) is 5.16 Å². The van der Waals surface area contributed by atoms with Gasteiger partial charge in [0.2, 0.25) is 0 Å². The molecular formula is C19H20N2O2S. The fraction of sp³-hybridized carbons (Fsp3) is 0.263. The van der Waals surface area contributed by atoms with E-state index < -0.39 is 0 Å². The molecule has 0 amide bonds. The van der Waals surface area contributed by atoms with E-state index in [1.807, 2.05) is 36.4 Å². The number of aliphatic hydroxyl groups is 1. The summed E-state index contributed by atoms with van der Waals surface area (Å²) in [5.74, 6) is 0.855. The average Bonchev–Trinajstić information content (AvgIpc) is 2.62. The first kappa shape index (κ1) is 16.7. The molecule has 124 valence electrons. The third kappa shape index (κ3) is 3.86. The molecule has 0 fully saturated rings. The maximum absolute atomic E-state index is 12.7. The second-order valence-corrected chi connectivity index (χ2v) is 6.59. The number of aryl methyl sites for hydroxylation is 1. The molecule has 4 nitrogen and oxygen atoms in total. The third-order valence-electron chi connectivity index (χ3n) is 3.83. The summed E-state index contributed by atoms with van der Waals surface area (Å²) in [6.45, 7) is 0.550. The summed E-state index contributed by atoms with van der Waals surface area (Å²) in [5, 5.41) is 10.5. The molecule has 0 bridgehead atoms. The van der Waals surface area contributed by atoms with Crippen LogP contribution in [0.15, 0.2) is 64.5 Å². The number of hydrogen-bond donors (Lipinski definition) is 1. The SMILES string of the molecule is O=c1c2ccccc2nc(SCCc2ccccc2)n1CCCO. The summed E-state index contributed by atoms with van der Waals surface area (Å²) in [4.78, 5) is 17.4. The van der Waals surface area contributed by atoms with E-state index in [-0.39, 0.29) is 12.2 Å². The molecule has 3 rings (SSSR count). The predicted octanol–water partition coefficient (Wildman–Crippen LogP) is 3.11. The van der Waals surface area contributed by atoms with Gasteiger partial charge in [-0.05, 0) is 30.5 Å². The zero-order chi connectivity index (χ0) is 16.8. The first-order chi connectivity index (χ1) is 11.8. The van der Waals surface area contributed by atoms with Gasteiger partial charge in [-0.2, -0.15) is 0 Å². The number of aliphatic hydroxyl groups excluding tert-OH is 1. The van der Waals surface area contributed by atoms with E-state index in [4.69, 9.17) is 5.11 Å². The maximum atomic E-state index is 12.7. The molecule has 1 heterocycles. The molecule has 0 aliphatic rings. The van der Waals surface area contributed by atoms with Gasteiger partial charge in [0.25, 0.3) is 5.56 Å². The Kier molecular flexibility index (Phi) is 5.67.